The monoisotopic (exact) mass is 466 g/mol. The van der Waals surface area contributed by atoms with Gasteiger partial charge in [-0.1, -0.05) is 48.6 Å². The summed E-state index contributed by atoms with van der Waals surface area (Å²) in [4.78, 5) is 17.7. The van der Waals surface area contributed by atoms with E-state index in [0.717, 1.165) is 27.9 Å². The fourth-order valence-corrected chi connectivity index (χ4v) is 4.85. The van der Waals surface area contributed by atoms with E-state index < -0.39 is 5.97 Å². The molecule has 2 heterocycles. The number of carbonyl (C=O) groups is 1. The first-order chi connectivity index (χ1) is 17.2. The molecule has 0 amide bonds. The van der Waals surface area contributed by atoms with Crippen molar-refractivity contribution in [3.63, 3.8) is 0 Å². The zero-order chi connectivity index (χ0) is 23.9. The minimum absolute atomic E-state index is 0.245. The van der Waals surface area contributed by atoms with Crippen LogP contribution in [0, 0.1) is 0 Å². The summed E-state index contributed by atoms with van der Waals surface area (Å²) in [6.45, 7) is 4.42. The van der Waals surface area contributed by atoms with E-state index in [9.17, 15) is 4.79 Å². The molecular formula is C26H22N6O3. The number of benzene rings is 2. The van der Waals surface area contributed by atoms with Crippen LogP contribution in [-0.4, -0.2) is 49.4 Å². The maximum absolute atomic E-state index is 12.9. The summed E-state index contributed by atoms with van der Waals surface area (Å²) in [5, 5.41) is 14.8. The molecule has 0 radical (unpaired) electrons. The van der Waals surface area contributed by atoms with E-state index in [1.165, 1.54) is 0 Å². The molecule has 6 rings (SSSR count). The second-order valence-electron chi connectivity index (χ2n) is 8.09. The van der Waals surface area contributed by atoms with Gasteiger partial charge < -0.3 is 9.47 Å². The Labute approximate surface area is 200 Å². The van der Waals surface area contributed by atoms with E-state index in [2.05, 4.69) is 44.9 Å². The number of para-hydroxylation sites is 1. The Balaban J connectivity index is 1.60. The summed E-state index contributed by atoms with van der Waals surface area (Å²) in [7, 11) is 0. The van der Waals surface area contributed by atoms with Crippen LogP contribution in [0.15, 0.2) is 71.8 Å². The van der Waals surface area contributed by atoms with Gasteiger partial charge in [0.25, 0.3) is 6.01 Å². The Morgan fingerprint density at radius 3 is 2.66 bits per heavy atom. The van der Waals surface area contributed by atoms with Crippen molar-refractivity contribution >= 4 is 28.1 Å². The molecule has 0 aliphatic heterocycles. The smallest absolute Gasteiger partial charge is 0.340 e. The minimum Gasteiger partial charge on any atom is -0.465 e. The summed E-state index contributed by atoms with van der Waals surface area (Å²) in [5.41, 5.74) is 6.83. The lowest BCUT2D eigenvalue weighted by Gasteiger charge is -2.41. The number of carbonyl (C=O) groups excluding carboxylic acids is 1. The molecule has 1 atom stereocenters. The highest BCUT2D eigenvalue weighted by atomic mass is 16.5. The number of ether oxygens (including phenoxy) is 2. The standard InChI is InChI=1S/C26H22N6O3/c1-3-34-25(33)18-11-8-12-19-22(18)32(26(27-19)35-4-2)23-17-14-13-16(15-9-6-5-7-10-15)20(23)21(17)24-28-30-31-29-24/h5-14,23H,3-4H2,1-2H3,(H,28,29,30,31). The van der Waals surface area contributed by atoms with Gasteiger partial charge >= 0.3 is 5.97 Å². The lowest BCUT2D eigenvalue weighted by atomic mass is 9.68. The molecule has 1 N–H and O–H groups in total. The first-order valence-electron chi connectivity index (χ1n) is 11.5. The number of rotatable bonds is 7. The van der Waals surface area contributed by atoms with E-state index in [4.69, 9.17) is 14.5 Å². The van der Waals surface area contributed by atoms with Crippen LogP contribution in [0.5, 0.6) is 6.01 Å². The van der Waals surface area contributed by atoms with E-state index in [0.29, 0.717) is 35.0 Å². The van der Waals surface area contributed by atoms with Gasteiger partial charge in [0.1, 0.15) is 0 Å². The molecule has 2 aromatic heterocycles. The molecule has 0 spiro atoms. The molecule has 2 bridgehead atoms. The zero-order valence-corrected chi connectivity index (χ0v) is 19.2. The molecule has 4 aromatic rings. The van der Waals surface area contributed by atoms with Crippen molar-refractivity contribution in [3.05, 3.63) is 88.8 Å². The van der Waals surface area contributed by atoms with Crippen molar-refractivity contribution in [1.82, 2.24) is 30.2 Å². The van der Waals surface area contributed by atoms with Gasteiger partial charge in [0, 0.05) is 5.57 Å². The quantitative estimate of drug-likeness (QED) is 0.408. The predicted molar refractivity (Wildman–Crippen MR) is 129 cm³/mol. The van der Waals surface area contributed by atoms with E-state index >= 15 is 0 Å². The number of H-pyrrole nitrogens is 1. The third-order valence-corrected chi connectivity index (χ3v) is 6.20. The Morgan fingerprint density at radius 1 is 1.06 bits per heavy atom. The lowest BCUT2D eigenvalue weighted by Crippen LogP contribution is -2.29. The molecule has 35 heavy (non-hydrogen) atoms. The topological polar surface area (TPSA) is 108 Å². The largest absolute Gasteiger partial charge is 0.465 e. The highest BCUT2D eigenvalue weighted by molar-refractivity contribution is 6.07. The number of esters is 1. The van der Waals surface area contributed by atoms with Gasteiger partial charge in [-0.05, 0) is 53.5 Å². The van der Waals surface area contributed by atoms with Crippen molar-refractivity contribution in [2.45, 2.75) is 19.9 Å². The Kier molecular flexibility index (Phi) is 5.02. The SMILES string of the molecule is CCOC(=O)c1cccc2nc(OCC)n(C3c4ccc(-c5ccccc5)c3c4-c3nn[nH]n3)c12. The maximum atomic E-state index is 12.9. The summed E-state index contributed by atoms with van der Waals surface area (Å²) >= 11 is 0. The number of tetrazole rings is 1. The summed E-state index contributed by atoms with van der Waals surface area (Å²) in [5.74, 6) is 0.129. The van der Waals surface area contributed by atoms with Crippen molar-refractivity contribution in [2.24, 2.45) is 0 Å². The summed E-state index contributed by atoms with van der Waals surface area (Å²) < 4.78 is 13.3. The third-order valence-electron chi connectivity index (χ3n) is 6.20. The van der Waals surface area contributed by atoms with Gasteiger partial charge in [-0.15, -0.1) is 10.2 Å². The van der Waals surface area contributed by atoms with Crippen LogP contribution in [0.1, 0.15) is 41.6 Å². The number of nitrogens with zero attached hydrogens (tertiary/aromatic N) is 5. The van der Waals surface area contributed by atoms with Gasteiger partial charge in [-0.3, -0.25) is 4.57 Å². The number of aromatic amines is 1. The molecule has 1 unspecified atom stereocenters. The van der Waals surface area contributed by atoms with Gasteiger partial charge in [0.15, 0.2) is 0 Å². The van der Waals surface area contributed by atoms with E-state index in [-0.39, 0.29) is 12.6 Å². The number of allylic oxidation sites excluding steroid dienone is 6. The molecule has 174 valence electrons. The zero-order valence-electron chi connectivity index (χ0n) is 19.2. The van der Waals surface area contributed by atoms with Crippen LogP contribution in [0.25, 0.3) is 22.2 Å². The number of fused-ring (bicyclic) bond motifs is 3. The molecule has 0 saturated heterocycles. The number of imidazole rings is 1. The van der Waals surface area contributed by atoms with Gasteiger partial charge in [-0.2, -0.15) is 10.2 Å². The molecule has 0 fully saturated rings. The second-order valence-corrected chi connectivity index (χ2v) is 8.09. The van der Waals surface area contributed by atoms with Crippen molar-refractivity contribution in [2.75, 3.05) is 13.2 Å². The number of hydrogen-bond donors (Lipinski definition) is 1. The molecule has 9 heteroatoms. The highest BCUT2D eigenvalue weighted by Gasteiger charge is 2.45. The molecule has 2 aromatic carbocycles. The van der Waals surface area contributed by atoms with Crippen molar-refractivity contribution in [3.8, 4) is 6.01 Å². The van der Waals surface area contributed by atoms with Crippen LogP contribution in [0.2, 0.25) is 0 Å². The van der Waals surface area contributed by atoms with Gasteiger partial charge in [0.05, 0.1) is 35.9 Å². The average Bonchev–Trinajstić information content (AvgIpc) is 3.53. The van der Waals surface area contributed by atoms with E-state index in [1.807, 2.05) is 41.8 Å². The normalized spacial score (nSPS) is 16.6. The van der Waals surface area contributed by atoms with Crippen LogP contribution < -0.4 is 4.74 Å². The highest BCUT2D eigenvalue weighted by Crippen LogP contribution is 2.58. The molecule has 2 aliphatic carbocycles. The Bertz CT molecular complexity index is 1530. The number of aromatic nitrogens is 6. The van der Waals surface area contributed by atoms with Gasteiger partial charge in [-0.25, -0.2) is 4.79 Å². The molecule has 9 nitrogen and oxygen atoms in total. The number of nitrogens with one attached hydrogen (secondary N) is 1. The predicted octanol–water partition coefficient (Wildman–Crippen LogP) is 4.16. The number of hydrogen-bond acceptors (Lipinski definition) is 7. The van der Waals surface area contributed by atoms with E-state index in [1.54, 1.807) is 13.0 Å². The van der Waals surface area contributed by atoms with Crippen LogP contribution in [-0.2, 0) is 4.74 Å². The molecule has 0 saturated carbocycles. The summed E-state index contributed by atoms with van der Waals surface area (Å²) in [6.07, 6.45) is 4.17. The van der Waals surface area contributed by atoms with Crippen molar-refractivity contribution in [1.29, 1.82) is 0 Å². The van der Waals surface area contributed by atoms with Crippen LogP contribution >= 0.6 is 0 Å². The Morgan fingerprint density at radius 2 is 1.91 bits per heavy atom. The lowest BCUT2D eigenvalue weighted by molar-refractivity contribution is 0.0528. The fourth-order valence-electron chi connectivity index (χ4n) is 4.85. The van der Waals surface area contributed by atoms with Crippen molar-refractivity contribution < 1.29 is 14.3 Å². The minimum atomic E-state index is -0.396. The third kappa shape index (κ3) is 3.19. The van der Waals surface area contributed by atoms with Crippen LogP contribution in [0.4, 0.5) is 0 Å². The molecule has 2 aliphatic rings. The van der Waals surface area contributed by atoms with Gasteiger partial charge in [0.2, 0.25) is 5.82 Å². The fraction of sp³-hybridized carbons (Fsp3) is 0.192. The molecular weight excluding hydrogens is 444 g/mol. The first-order valence-corrected chi connectivity index (χ1v) is 11.5. The van der Waals surface area contributed by atoms with Crippen LogP contribution in [0.3, 0.4) is 0 Å². The maximum Gasteiger partial charge on any atom is 0.340 e. The second kappa shape index (κ2) is 8.35. The Hall–Kier alpha value is -4.53. The first kappa shape index (κ1) is 21.0. The average molecular weight is 467 g/mol. The summed E-state index contributed by atoms with van der Waals surface area (Å²) in [6, 6.07) is 15.8.